The third-order valence-corrected chi connectivity index (χ3v) is 2.04. The summed E-state index contributed by atoms with van der Waals surface area (Å²) in [6.45, 7) is 7.18. The maximum atomic E-state index is 11.4. The molecule has 9 heteroatoms. The van der Waals surface area contributed by atoms with Gasteiger partial charge in [-0.25, -0.2) is 0 Å². The first-order valence-corrected chi connectivity index (χ1v) is 7.03. The molecule has 0 unspecified atom stereocenters. The topological polar surface area (TPSA) is 106 Å². The van der Waals surface area contributed by atoms with Crippen molar-refractivity contribution in [2.75, 3.05) is 46.2 Å². The van der Waals surface area contributed by atoms with E-state index in [1.807, 2.05) is 20.8 Å². The van der Waals surface area contributed by atoms with Crippen LogP contribution in [0, 0.1) is 10.1 Å². The molecule has 0 aliphatic rings. The first-order valence-electron chi connectivity index (χ1n) is 7.03. The number of ether oxygens (including phenoxy) is 4. The van der Waals surface area contributed by atoms with Gasteiger partial charge in [0.05, 0.1) is 46.1 Å². The van der Waals surface area contributed by atoms with Gasteiger partial charge in [0.15, 0.2) is 0 Å². The van der Waals surface area contributed by atoms with E-state index in [0.717, 1.165) is 0 Å². The van der Waals surface area contributed by atoms with E-state index >= 15 is 0 Å². The van der Waals surface area contributed by atoms with Gasteiger partial charge in [-0.3, -0.25) is 4.79 Å². The molecular formula is C13H25NO8. The molecule has 0 atom stereocenters. The van der Waals surface area contributed by atoms with E-state index in [-0.39, 0.29) is 32.2 Å². The summed E-state index contributed by atoms with van der Waals surface area (Å²) in [6.07, 6.45) is 0.205. The van der Waals surface area contributed by atoms with Gasteiger partial charge in [0.25, 0.3) is 5.09 Å². The van der Waals surface area contributed by atoms with Gasteiger partial charge in [-0.1, -0.05) is 0 Å². The summed E-state index contributed by atoms with van der Waals surface area (Å²) in [4.78, 5) is 25.3. The molecule has 0 fully saturated rings. The normalized spacial score (nSPS) is 11.2. The van der Waals surface area contributed by atoms with Crippen LogP contribution in [-0.4, -0.2) is 62.9 Å². The fourth-order valence-electron chi connectivity index (χ4n) is 1.26. The van der Waals surface area contributed by atoms with Crippen LogP contribution in [0.4, 0.5) is 0 Å². The molecule has 0 bridgehead atoms. The van der Waals surface area contributed by atoms with E-state index in [0.29, 0.717) is 26.4 Å². The molecule has 0 aliphatic carbocycles. The molecule has 0 spiro atoms. The number of esters is 1. The van der Waals surface area contributed by atoms with Gasteiger partial charge in [-0.05, 0) is 20.8 Å². The Kier molecular flexibility index (Phi) is 11.3. The average Bonchev–Trinajstić information content (AvgIpc) is 2.37. The van der Waals surface area contributed by atoms with Crippen molar-refractivity contribution in [1.82, 2.24) is 0 Å². The smallest absolute Gasteiger partial charge is 0.308 e. The standard InChI is InChI=1S/C13H25NO8/c1-13(2,3)22-12(15)4-5-18-6-7-19-8-9-20-10-11-21-14(16)17/h4-11H2,1-3H3. The van der Waals surface area contributed by atoms with Crippen molar-refractivity contribution in [2.45, 2.75) is 32.8 Å². The number of carbonyl (C=O) groups excluding carboxylic acids is 1. The molecule has 0 N–H and O–H groups in total. The lowest BCUT2D eigenvalue weighted by Crippen LogP contribution is -2.24. The van der Waals surface area contributed by atoms with Crippen molar-refractivity contribution < 1.29 is 33.7 Å². The monoisotopic (exact) mass is 323 g/mol. The van der Waals surface area contributed by atoms with Crippen molar-refractivity contribution in [2.24, 2.45) is 0 Å². The van der Waals surface area contributed by atoms with Gasteiger partial charge in [0.1, 0.15) is 12.2 Å². The highest BCUT2D eigenvalue weighted by molar-refractivity contribution is 5.69. The van der Waals surface area contributed by atoms with E-state index in [1.165, 1.54) is 0 Å². The summed E-state index contributed by atoms with van der Waals surface area (Å²) in [5.41, 5.74) is -0.481. The quantitative estimate of drug-likeness (QED) is 0.214. The lowest BCUT2D eigenvalue weighted by Gasteiger charge is -2.19. The van der Waals surface area contributed by atoms with Crippen molar-refractivity contribution >= 4 is 5.97 Å². The second kappa shape index (κ2) is 12.1. The van der Waals surface area contributed by atoms with Crippen LogP contribution in [0.15, 0.2) is 0 Å². The molecule has 130 valence electrons. The van der Waals surface area contributed by atoms with Gasteiger partial charge in [0, 0.05) is 0 Å². The molecule has 0 saturated carbocycles. The summed E-state index contributed by atoms with van der Waals surface area (Å²) < 4.78 is 20.6. The Morgan fingerprint density at radius 1 is 0.909 bits per heavy atom. The Balaban J connectivity index is 3.21. The largest absolute Gasteiger partial charge is 0.460 e. The van der Waals surface area contributed by atoms with Gasteiger partial charge in [-0.2, -0.15) is 0 Å². The summed E-state index contributed by atoms with van der Waals surface area (Å²) in [6, 6.07) is 0. The highest BCUT2D eigenvalue weighted by Crippen LogP contribution is 2.07. The van der Waals surface area contributed by atoms with Crippen molar-refractivity contribution in [3.63, 3.8) is 0 Å². The fraction of sp³-hybridized carbons (Fsp3) is 0.923. The molecule has 0 aromatic rings. The van der Waals surface area contributed by atoms with E-state index < -0.39 is 10.7 Å². The number of rotatable bonds is 13. The molecule has 0 radical (unpaired) electrons. The molecule has 0 heterocycles. The molecule has 22 heavy (non-hydrogen) atoms. The van der Waals surface area contributed by atoms with Crippen LogP contribution in [0.5, 0.6) is 0 Å². The number of carbonyl (C=O) groups is 1. The number of hydrogen-bond acceptors (Lipinski definition) is 8. The summed E-state index contributed by atoms with van der Waals surface area (Å²) in [7, 11) is 0. The number of nitrogens with zero attached hydrogens (tertiary/aromatic N) is 1. The van der Waals surface area contributed by atoms with Crippen molar-refractivity contribution in [3.05, 3.63) is 10.1 Å². The molecule has 0 amide bonds. The number of hydrogen-bond donors (Lipinski definition) is 0. The molecule has 0 aromatic heterocycles. The zero-order valence-electron chi connectivity index (χ0n) is 13.4. The van der Waals surface area contributed by atoms with Crippen molar-refractivity contribution in [1.29, 1.82) is 0 Å². The van der Waals surface area contributed by atoms with Crippen LogP contribution in [0.25, 0.3) is 0 Å². The van der Waals surface area contributed by atoms with Crippen LogP contribution in [-0.2, 0) is 28.6 Å². The second-order valence-corrected chi connectivity index (χ2v) is 5.23. The van der Waals surface area contributed by atoms with Crippen LogP contribution in [0.1, 0.15) is 27.2 Å². The first kappa shape index (κ1) is 20.6. The highest BCUT2D eigenvalue weighted by atomic mass is 17.0. The first-order chi connectivity index (χ1) is 10.3. The minimum Gasteiger partial charge on any atom is -0.460 e. The second-order valence-electron chi connectivity index (χ2n) is 5.23. The maximum Gasteiger partial charge on any atom is 0.308 e. The molecule has 0 aliphatic heterocycles. The average molecular weight is 323 g/mol. The van der Waals surface area contributed by atoms with Crippen LogP contribution in [0.2, 0.25) is 0 Å². The predicted molar refractivity (Wildman–Crippen MR) is 75.9 cm³/mol. The third kappa shape index (κ3) is 16.6. The van der Waals surface area contributed by atoms with Gasteiger partial charge in [0.2, 0.25) is 0 Å². The predicted octanol–water partition coefficient (Wildman–Crippen LogP) is 0.976. The Hall–Kier alpha value is -1.45. The van der Waals surface area contributed by atoms with E-state index in [2.05, 4.69) is 4.84 Å². The van der Waals surface area contributed by atoms with Crippen LogP contribution < -0.4 is 0 Å². The summed E-state index contributed by atoms with van der Waals surface area (Å²) in [5, 5.41) is 8.96. The van der Waals surface area contributed by atoms with Crippen LogP contribution >= 0.6 is 0 Å². The Bertz CT molecular complexity index is 316. The summed E-state index contributed by atoms with van der Waals surface area (Å²) >= 11 is 0. The lowest BCUT2D eigenvalue weighted by atomic mass is 10.2. The SMILES string of the molecule is CC(C)(C)OC(=O)CCOCCOCCOCCO[N+](=O)[O-]. The minimum atomic E-state index is -0.867. The molecular weight excluding hydrogens is 298 g/mol. The molecule has 0 saturated heterocycles. The fourth-order valence-corrected chi connectivity index (χ4v) is 1.26. The molecule has 0 aromatic carbocycles. The van der Waals surface area contributed by atoms with Crippen molar-refractivity contribution in [3.8, 4) is 0 Å². The zero-order valence-corrected chi connectivity index (χ0v) is 13.4. The third-order valence-electron chi connectivity index (χ3n) is 2.04. The van der Waals surface area contributed by atoms with Gasteiger partial charge < -0.3 is 23.8 Å². The van der Waals surface area contributed by atoms with Gasteiger partial charge >= 0.3 is 5.97 Å². The lowest BCUT2D eigenvalue weighted by molar-refractivity contribution is -0.758. The Morgan fingerprint density at radius 2 is 1.36 bits per heavy atom. The van der Waals surface area contributed by atoms with Gasteiger partial charge in [-0.15, -0.1) is 10.1 Å². The van der Waals surface area contributed by atoms with E-state index in [9.17, 15) is 14.9 Å². The minimum absolute atomic E-state index is 0.0965. The maximum absolute atomic E-state index is 11.4. The highest BCUT2D eigenvalue weighted by Gasteiger charge is 2.15. The zero-order chi connectivity index (χ0) is 16.8. The molecule has 0 rings (SSSR count). The Morgan fingerprint density at radius 3 is 1.82 bits per heavy atom. The van der Waals surface area contributed by atoms with E-state index in [1.54, 1.807) is 0 Å². The summed E-state index contributed by atoms with van der Waals surface area (Å²) in [5.74, 6) is -0.293. The Labute approximate surface area is 129 Å². The van der Waals surface area contributed by atoms with E-state index in [4.69, 9.17) is 18.9 Å². The molecule has 9 nitrogen and oxygen atoms in total. The van der Waals surface area contributed by atoms with Crippen LogP contribution in [0.3, 0.4) is 0 Å².